The molecule has 0 unspecified atom stereocenters. The normalized spacial score (nSPS) is 52.4. The Morgan fingerprint density at radius 3 is 1.94 bits per heavy atom. The Bertz CT molecular complexity index is 2490. The van der Waals surface area contributed by atoms with Gasteiger partial charge in [-0.15, -0.1) is 0 Å². The van der Waals surface area contributed by atoms with E-state index in [4.69, 9.17) is 61.0 Å². The van der Waals surface area contributed by atoms with E-state index in [1.807, 2.05) is 6.92 Å². The number of carbonyl (C=O) groups is 1. The standard InChI is InChI=1S/C54H84O28S/c1-20(2)31-25-15-53(7)23-9-10-29-51(4,5)30(12-13-52(29,6)22(23)11-14-54(31,53)50(66)76-25)77-48-43(34(60)28(19-72-48)82-83(67,68)69)81-49-44(80-46-36(62)35(61)32(58)26(16-55)74-46)37(63)40(21(3)73-49)78-47-39(65)42(33(59)27(17-56)75-47)79-45-38(64)41(70-8)24(57)18-71-45/h9,21-22,24-49,55-65H,1,10-19H2,2-8H3,(H,67,68,69)/t21-,22+,24-,25+,26-,27-,28-,29+,30+,31+,32-,33-,34+,35+,36-,37+,38-,39-,40-,41+,42+,43-,44-,45+,46+,47+,48+,49+,52-,53+,54-/m1/s1. The van der Waals surface area contributed by atoms with Gasteiger partial charge in [-0.25, -0.2) is 4.18 Å². The molecule has 9 fully saturated rings. The Kier molecular flexibility index (Phi) is 18.3. The van der Waals surface area contributed by atoms with Crippen molar-refractivity contribution in [2.45, 2.75) is 234 Å². The molecule has 10 aliphatic rings. The molecule has 29 heteroatoms. The molecule has 0 aromatic carbocycles. The van der Waals surface area contributed by atoms with Crippen LogP contribution >= 0.6 is 0 Å². The highest BCUT2D eigenvalue weighted by Gasteiger charge is 2.76. The highest BCUT2D eigenvalue weighted by Crippen LogP contribution is 2.76. The minimum Gasteiger partial charge on any atom is -0.461 e. The Morgan fingerprint density at radius 2 is 1.29 bits per heavy atom. The van der Waals surface area contributed by atoms with Gasteiger partial charge in [0.1, 0.15) is 110 Å². The zero-order valence-corrected chi connectivity index (χ0v) is 48.1. The first-order valence-electron chi connectivity index (χ1n) is 28.5. The minimum absolute atomic E-state index is 0.00861. The molecule has 10 rings (SSSR count). The van der Waals surface area contributed by atoms with Crippen molar-refractivity contribution in [2.75, 3.05) is 33.5 Å². The van der Waals surface area contributed by atoms with Gasteiger partial charge in [0.2, 0.25) is 0 Å². The van der Waals surface area contributed by atoms with Crippen molar-refractivity contribution in [3.05, 3.63) is 23.8 Å². The number of aliphatic hydroxyl groups excluding tert-OH is 11. The van der Waals surface area contributed by atoms with E-state index >= 15 is 0 Å². The van der Waals surface area contributed by atoms with Gasteiger partial charge in [-0.3, -0.25) is 9.35 Å². The summed E-state index contributed by atoms with van der Waals surface area (Å²) in [6.45, 7) is 13.5. The number of ether oxygens (including phenoxy) is 12. The fraction of sp³-hybridized carbons (Fsp3) is 0.907. The lowest BCUT2D eigenvalue weighted by Gasteiger charge is -2.64. The van der Waals surface area contributed by atoms with Gasteiger partial charge in [0, 0.05) is 18.4 Å². The van der Waals surface area contributed by atoms with Crippen LogP contribution in [0.3, 0.4) is 0 Å². The molecule has 0 amide bonds. The number of esters is 1. The van der Waals surface area contributed by atoms with Crippen LogP contribution in [0.1, 0.15) is 80.1 Å². The molecule has 474 valence electrons. The maximum atomic E-state index is 13.8. The third kappa shape index (κ3) is 10.8. The molecule has 4 aliphatic carbocycles. The lowest BCUT2D eigenvalue weighted by Crippen LogP contribution is -2.68. The third-order valence-electron chi connectivity index (χ3n) is 20.6. The van der Waals surface area contributed by atoms with Gasteiger partial charge in [0.25, 0.3) is 0 Å². The Hall–Kier alpha value is -2.06. The summed E-state index contributed by atoms with van der Waals surface area (Å²) < 4.78 is 111. The first-order valence-corrected chi connectivity index (χ1v) is 29.9. The van der Waals surface area contributed by atoms with Gasteiger partial charge in [0.15, 0.2) is 31.5 Å². The van der Waals surface area contributed by atoms with E-state index in [1.54, 1.807) is 0 Å². The summed E-state index contributed by atoms with van der Waals surface area (Å²) in [5.74, 6) is -0.120. The zero-order valence-electron chi connectivity index (χ0n) is 47.3. The average molecular weight is 1210 g/mol. The molecule has 6 aliphatic heterocycles. The summed E-state index contributed by atoms with van der Waals surface area (Å²) in [5, 5.41) is 122. The summed E-state index contributed by atoms with van der Waals surface area (Å²) >= 11 is 0. The highest BCUT2D eigenvalue weighted by atomic mass is 32.3. The van der Waals surface area contributed by atoms with E-state index in [0.717, 1.165) is 12.0 Å². The highest BCUT2D eigenvalue weighted by molar-refractivity contribution is 7.80. The number of hydrogen-bond acceptors (Lipinski definition) is 27. The summed E-state index contributed by atoms with van der Waals surface area (Å²) in [6, 6.07) is 0. The van der Waals surface area contributed by atoms with E-state index < -0.39 is 194 Å². The van der Waals surface area contributed by atoms with E-state index in [1.165, 1.54) is 19.6 Å². The number of aliphatic hydroxyl groups is 11. The van der Waals surface area contributed by atoms with Gasteiger partial charge >= 0.3 is 16.4 Å². The molecule has 3 saturated carbocycles. The second-order valence-electron chi connectivity index (χ2n) is 25.5. The molecule has 0 aromatic rings. The first kappa shape index (κ1) is 63.9. The zero-order chi connectivity index (χ0) is 60.4. The Morgan fingerprint density at radius 1 is 0.687 bits per heavy atom. The lowest BCUT2D eigenvalue weighted by atomic mass is 9.40. The van der Waals surface area contributed by atoms with Crippen LogP contribution in [-0.4, -0.2) is 262 Å². The Balaban J connectivity index is 0.924. The van der Waals surface area contributed by atoms with Crippen LogP contribution < -0.4 is 0 Å². The molecule has 2 bridgehead atoms. The number of carbonyl (C=O) groups excluding carboxylic acids is 1. The van der Waals surface area contributed by atoms with Gasteiger partial charge < -0.3 is 113 Å². The van der Waals surface area contributed by atoms with E-state index in [9.17, 15) is 73.9 Å². The number of rotatable bonds is 16. The number of allylic oxidation sites excluding steroid dienone is 2. The summed E-state index contributed by atoms with van der Waals surface area (Å²) in [6.07, 6.45) is -35.4. The number of hydrogen-bond donors (Lipinski definition) is 12. The maximum absolute atomic E-state index is 13.8. The van der Waals surface area contributed by atoms with Crippen LogP contribution in [0.4, 0.5) is 0 Å². The van der Waals surface area contributed by atoms with Crippen LogP contribution in [0.2, 0.25) is 0 Å². The van der Waals surface area contributed by atoms with Gasteiger partial charge in [-0.2, -0.15) is 8.42 Å². The van der Waals surface area contributed by atoms with Gasteiger partial charge in [0.05, 0.1) is 44.1 Å². The van der Waals surface area contributed by atoms with Crippen molar-refractivity contribution in [3.8, 4) is 0 Å². The van der Waals surface area contributed by atoms with Crippen LogP contribution in [0.15, 0.2) is 23.8 Å². The molecule has 6 heterocycles. The lowest BCUT2D eigenvalue weighted by molar-refractivity contribution is -0.405. The van der Waals surface area contributed by atoms with Crippen LogP contribution in [0, 0.1) is 39.4 Å². The van der Waals surface area contributed by atoms with Crippen molar-refractivity contribution >= 4 is 16.4 Å². The van der Waals surface area contributed by atoms with Crippen LogP contribution in [-0.2, 0) is 76.2 Å². The van der Waals surface area contributed by atoms with Crippen LogP contribution in [0.5, 0.6) is 0 Å². The average Bonchev–Trinajstić information content (AvgIpc) is 1.89. The SMILES string of the molecule is C=C(C)[C@H]1[C@@H]2C[C@@]3(C)C4=CC[C@H]5C(C)(C)[C@@H](O[C@@H]6OC[C@@H](OS(=O)(=O)O)[C@H](O)[C@H]6O[C@@H]6O[C@H](C)[C@@H](O[C@@H]7O[C@H](CO)[C@@H](O)[C@H](O[C@@H]8OC[C@@H](O)[C@H](OC)[C@H]8O)[C@H]7O)[C@H](O)[C@H]6O[C@@H]6O[C@H](CO)[C@@H](O)[C@H](O)[C@H]6O)CC[C@]5(C)[C@H]4CC[C@]13C(=O)O2. The molecule has 12 N–H and O–H groups in total. The van der Waals surface area contributed by atoms with Crippen molar-refractivity contribution in [1.82, 2.24) is 0 Å². The van der Waals surface area contributed by atoms with E-state index in [2.05, 4.69) is 40.3 Å². The predicted octanol–water partition coefficient (Wildman–Crippen LogP) is -3.05. The van der Waals surface area contributed by atoms with Gasteiger partial charge in [-0.05, 0) is 75.0 Å². The number of methoxy groups -OCH3 is 1. The predicted molar refractivity (Wildman–Crippen MR) is 274 cm³/mol. The van der Waals surface area contributed by atoms with Gasteiger partial charge in [-0.1, -0.05) is 51.5 Å². The second kappa shape index (κ2) is 23.7. The molecule has 6 saturated heterocycles. The molecular weight excluding hydrogens is 1130 g/mol. The first-order chi connectivity index (χ1) is 39.0. The van der Waals surface area contributed by atoms with E-state index in [-0.39, 0.29) is 41.8 Å². The van der Waals surface area contributed by atoms with Crippen molar-refractivity contribution < 1.29 is 135 Å². The van der Waals surface area contributed by atoms with Crippen molar-refractivity contribution in [2.24, 2.45) is 39.4 Å². The summed E-state index contributed by atoms with van der Waals surface area (Å²) in [4.78, 5) is 13.8. The monoisotopic (exact) mass is 1210 g/mol. The molecule has 1 spiro atoms. The third-order valence-corrected chi connectivity index (χ3v) is 21.1. The molecule has 0 aromatic heterocycles. The largest absolute Gasteiger partial charge is 0.461 e. The van der Waals surface area contributed by atoms with E-state index in [0.29, 0.717) is 32.1 Å². The molecule has 28 nitrogen and oxygen atoms in total. The number of fused-ring (bicyclic) bond motifs is 5. The molecule has 0 radical (unpaired) electrons. The Labute approximate surface area is 480 Å². The fourth-order valence-electron chi connectivity index (χ4n) is 16.4. The van der Waals surface area contributed by atoms with Crippen molar-refractivity contribution in [1.29, 1.82) is 0 Å². The maximum Gasteiger partial charge on any atom is 0.397 e. The van der Waals surface area contributed by atoms with Crippen molar-refractivity contribution in [3.63, 3.8) is 0 Å². The smallest absolute Gasteiger partial charge is 0.397 e. The topological polar surface area (TPSA) is 414 Å². The fourth-order valence-corrected chi connectivity index (χ4v) is 16.9. The minimum atomic E-state index is -5.26. The quantitative estimate of drug-likeness (QED) is 0.0415. The molecular formula is C54H84O28S. The summed E-state index contributed by atoms with van der Waals surface area (Å²) in [5.41, 5.74) is 0.167. The van der Waals surface area contributed by atoms with Crippen LogP contribution in [0.25, 0.3) is 0 Å². The summed E-state index contributed by atoms with van der Waals surface area (Å²) in [7, 11) is -4.04. The molecule has 83 heavy (non-hydrogen) atoms. The molecule has 31 atom stereocenters. The second-order valence-corrected chi connectivity index (χ2v) is 26.6.